The van der Waals surface area contributed by atoms with Crippen molar-refractivity contribution in [2.75, 3.05) is 5.73 Å². The molecule has 0 radical (unpaired) electrons. The number of aromatic nitrogens is 2. The second-order valence-corrected chi connectivity index (χ2v) is 3.80. The van der Waals surface area contributed by atoms with Crippen LogP contribution in [0.3, 0.4) is 0 Å². The Balaban J connectivity index is 2.34. The Morgan fingerprint density at radius 3 is 2.53 bits per heavy atom. The van der Waals surface area contributed by atoms with E-state index in [9.17, 15) is 17.6 Å². The molecule has 2 N–H and O–H groups in total. The molecule has 1 aromatic carbocycles. The first kappa shape index (κ1) is 13.2. The van der Waals surface area contributed by atoms with Crippen LogP contribution in [0.4, 0.5) is 23.2 Å². The predicted molar refractivity (Wildman–Crippen MR) is 59.1 cm³/mol. The van der Waals surface area contributed by atoms with Gasteiger partial charge in [-0.05, 0) is 18.2 Å². The Morgan fingerprint density at radius 2 is 2.00 bits per heavy atom. The quantitative estimate of drug-likeness (QED) is 0.857. The maximum Gasteiger partial charge on any atom is 0.419 e. The molecule has 0 atom stereocenters. The van der Waals surface area contributed by atoms with Gasteiger partial charge in [0.1, 0.15) is 17.3 Å². The van der Waals surface area contributed by atoms with Crippen molar-refractivity contribution in [1.82, 2.24) is 9.78 Å². The van der Waals surface area contributed by atoms with Crippen molar-refractivity contribution in [3.63, 3.8) is 0 Å². The van der Waals surface area contributed by atoms with Gasteiger partial charge in [0, 0.05) is 7.05 Å². The van der Waals surface area contributed by atoms with Crippen LogP contribution in [0.5, 0.6) is 11.6 Å². The van der Waals surface area contributed by atoms with Crippen molar-refractivity contribution in [1.29, 1.82) is 0 Å². The SMILES string of the molecule is Cn1cc(N)c(Oc2ccc(F)c(C(F)(F)F)c2)n1. The summed E-state index contributed by atoms with van der Waals surface area (Å²) < 4.78 is 57.0. The largest absolute Gasteiger partial charge is 0.436 e. The summed E-state index contributed by atoms with van der Waals surface area (Å²) >= 11 is 0. The number of nitrogens with two attached hydrogens (primary N) is 1. The zero-order valence-corrected chi connectivity index (χ0v) is 9.70. The minimum Gasteiger partial charge on any atom is -0.436 e. The Kier molecular flexibility index (Phi) is 3.09. The molecule has 0 unspecified atom stereocenters. The highest BCUT2D eigenvalue weighted by Gasteiger charge is 2.34. The molecule has 0 spiro atoms. The topological polar surface area (TPSA) is 53.1 Å². The van der Waals surface area contributed by atoms with Crippen LogP contribution in [0.25, 0.3) is 0 Å². The third-order valence-electron chi connectivity index (χ3n) is 2.28. The molecule has 19 heavy (non-hydrogen) atoms. The van der Waals surface area contributed by atoms with E-state index < -0.39 is 17.6 Å². The molecule has 1 heterocycles. The van der Waals surface area contributed by atoms with E-state index in [1.54, 1.807) is 7.05 Å². The second-order valence-electron chi connectivity index (χ2n) is 3.80. The smallest absolute Gasteiger partial charge is 0.419 e. The van der Waals surface area contributed by atoms with Crippen LogP contribution in [0.15, 0.2) is 24.4 Å². The van der Waals surface area contributed by atoms with E-state index in [0.29, 0.717) is 12.1 Å². The standard InChI is InChI=1S/C11H9F4N3O/c1-18-5-9(16)10(17-18)19-6-2-3-8(12)7(4-6)11(13,14)15/h2-5H,16H2,1H3. The summed E-state index contributed by atoms with van der Waals surface area (Å²) in [5, 5.41) is 3.81. The molecule has 0 saturated carbocycles. The number of nitrogens with zero attached hydrogens (tertiary/aromatic N) is 2. The van der Waals surface area contributed by atoms with E-state index in [0.717, 1.165) is 6.07 Å². The van der Waals surface area contributed by atoms with Crippen molar-refractivity contribution in [2.24, 2.45) is 7.05 Å². The summed E-state index contributed by atoms with van der Waals surface area (Å²) in [6, 6.07) is 2.30. The van der Waals surface area contributed by atoms with Crippen LogP contribution in [-0.2, 0) is 13.2 Å². The van der Waals surface area contributed by atoms with Gasteiger partial charge < -0.3 is 10.5 Å². The van der Waals surface area contributed by atoms with Gasteiger partial charge in [-0.25, -0.2) is 4.39 Å². The Hall–Kier alpha value is -2.25. The van der Waals surface area contributed by atoms with Crippen LogP contribution in [0.1, 0.15) is 5.56 Å². The van der Waals surface area contributed by atoms with Gasteiger partial charge in [0.25, 0.3) is 5.88 Å². The summed E-state index contributed by atoms with van der Waals surface area (Å²) in [7, 11) is 1.58. The van der Waals surface area contributed by atoms with Gasteiger partial charge in [-0.15, -0.1) is 5.10 Å². The summed E-state index contributed by atoms with van der Waals surface area (Å²) in [5.41, 5.74) is 4.30. The van der Waals surface area contributed by atoms with Crippen molar-refractivity contribution < 1.29 is 22.3 Å². The fourth-order valence-corrected chi connectivity index (χ4v) is 1.46. The van der Waals surface area contributed by atoms with E-state index >= 15 is 0 Å². The molecule has 0 bridgehead atoms. The van der Waals surface area contributed by atoms with Gasteiger partial charge in [-0.2, -0.15) is 13.2 Å². The first-order valence-corrected chi connectivity index (χ1v) is 5.11. The molecule has 0 aliphatic heterocycles. The van der Waals surface area contributed by atoms with Gasteiger partial charge in [0.05, 0.1) is 11.8 Å². The molecule has 4 nitrogen and oxygen atoms in total. The molecule has 0 aliphatic rings. The van der Waals surface area contributed by atoms with Gasteiger partial charge in [-0.3, -0.25) is 4.68 Å². The lowest BCUT2D eigenvalue weighted by atomic mass is 10.2. The van der Waals surface area contributed by atoms with Crippen molar-refractivity contribution >= 4 is 5.69 Å². The summed E-state index contributed by atoms with van der Waals surface area (Å²) in [4.78, 5) is 0. The van der Waals surface area contributed by atoms with Crippen molar-refractivity contribution in [3.8, 4) is 11.6 Å². The van der Waals surface area contributed by atoms with E-state index in [2.05, 4.69) is 5.10 Å². The molecule has 0 aliphatic carbocycles. The fourth-order valence-electron chi connectivity index (χ4n) is 1.46. The van der Waals surface area contributed by atoms with Gasteiger partial charge in [0.15, 0.2) is 0 Å². The maximum atomic E-state index is 13.1. The number of hydrogen-bond acceptors (Lipinski definition) is 3. The number of hydrogen-bond donors (Lipinski definition) is 1. The van der Waals surface area contributed by atoms with Crippen molar-refractivity contribution in [2.45, 2.75) is 6.18 Å². The lowest BCUT2D eigenvalue weighted by Crippen LogP contribution is -2.08. The zero-order valence-electron chi connectivity index (χ0n) is 9.70. The third-order valence-corrected chi connectivity index (χ3v) is 2.28. The third kappa shape index (κ3) is 2.78. The number of alkyl halides is 3. The monoisotopic (exact) mass is 275 g/mol. The Morgan fingerprint density at radius 1 is 1.32 bits per heavy atom. The number of anilines is 1. The number of halogens is 4. The molecule has 0 saturated heterocycles. The summed E-state index contributed by atoms with van der Waals surface area (Å²) in [6.07, 6.45) is -3.36. The molecule has 0 amide bonds. The average Bonchev–Trinajstić information content (AvgIpc) is 2.58. The first-order chi connectivity index (χ1) is 8.77. The number of nitrogen functional groups attached to an aromatic ring is 1. The first-order valence-electron chi connectivity index (χ1n) is 5.11. The van der Waals surface area contributed by atoms with E-state index in [4.69, 9.17) is 10.5 Å². The number of aryl methyl sites for hydroxylation is 1. The highest BCUT2D eigenvalue weighted by atomic mass is 19.4. The lowest BCUT2D eigenvalue weighted by Gasteiger charge is -2.10. The van der Waals surface area contributed by atoms with E-state index in [1.807, 2.05) is 0 Å². The number of rotatable bonds is 2. The highest BCUT2D eigenvalue weighted by Crippen LogP contribution is 2.35. The number of ether oxygens (including phenoxy) is 1. The summed E-state index contributed by atoms with van der Waals surface area (Å²) in [6.45, 7) is 0. The molecular formula is C11H9F4N3O. The molecule has 1 aromatic heterocycles. The summed E-state index contributed by atoms with van der Waals surface area (Å²) in [5.74, 6) is -1.60. The van der Waals surface area contributed by atoms with Crippen molar-refractivity contribution in [3.05, 3.63) is 35.8 Å². The lowest BCUT2D eigenvalue weighted by molar-refractivity contribution is -0.140. The minimum atomic E-state index is -4.79. The van der Waals surface area contributed by atoms with Gasteiger partial charge in [0.2, 0.25) is 0 Å². The average molecular weight is 275 g/mol. The molecule has 8 heteroatoms. The van der Waals surface area contributed by atoms with E-state index in [1.165, 1.54) is 10.9 Å². The molecule has 2 aromatic rings. The maximum absolute atomic E-state index is 13.1. The van der Waals surface area contributed by atoms with Crippen LogP contribution >= 0.6 is 0 Å². The molecule has 102 valence electrons. The molecule has 0 fully saturated rings. The van der Waals surface area contributed by atoms with Crippen LogP contribution in [0, 0.1) is 5.82 Å². The fraction of sp³-hybridized carbons (Fsp3) is 0.182. The van der Waals surface area contributed by atoms with Gasteiger partial charge >= 0.3 is 6.18 Å². The predicted octanol–water partition coefficient (Wildman–Crippen LogP) is 2.95. The van der Waals surface area contributed by atoms with E-state index in [-0.39, 0.29) is 17.3 Å². The minimum absolute atomic E-state index is 0.0396. The Bertz CT molecular complexity index is 606. The van der Waals surface area contributed by atoms with Crippen LogP contribution < -0.4 is 10.5 Å². The Labute approximate surface area is 105 Å². The van der Waals surface area contributed by atoms with Gasteiger partial charge in [-0.1, -0.05) is 0 Å². The normalized spacial score (nSPS) is 11.6. The molecular weight excluding hydrogens is 266 g/mol. The molecule has 2 rings (SSSR count). The van der Waals surface area contributed by atoms with Crippen LogP contribution in [-0.4, -0.2) is 9.78 Å². The highest BCUT2D eigenvalue weighted by molar-refractivity contribution is 5.48. The zero-order chi connectivity index (χ0) is 14.2. The number of benzene rings is 1. The second kappa shape index (κ2) is 4.45. The van der Waals surface area contributed by atoms with Crippen LogP contribution in [0.2, 0.25) is 0 Å².